The highest BCUT2D eigenvalue weighted by Gasteiger charge is 2.20. The van der Waals surface area contributed by atoms with Crippen molar-refractivity contribution in [1.29, 1.82) is 0 Å². The molecule has 0 saturated carbocycles. The smallest absolute Gasteiger partial charge is 0.248 e. The summed E-state index contributed by atoms with van der Waals surface area (Å²) in [5.74, 6) is -1.27. The summed E-state index contributed by atoms with van der Waals surface area (Å²) in [6.45, 7) is 1.33. The topological polar surface area (TPSA) is 106 Å². The molecule has 0 aliphatic carbocycles. The van der Waals surface area contributed by atoms with Crippen molar-refractivity contribution in [2.24, 2.45) is 0 Å². The molecule has 1 N–H and O–H groups in total. The van der Waals surface area contributed by atoms with E-state index in [-0.39, 0.29) is 17.5 Å². The number of para-hydroxylation sites is 1. The van der Waals surface area contributed by atoms with Gasteiger partial charge in [-0.2, -0.15) is 0 Å². The molecule has 4 aromatic rings. The van der Waals surface area contributed by atoms with Gasteiger partial charge in [-0.05, 0) is 46.8 Å². The summed E-state index contributed by atoms with van der Waals surface area (Å²) >= 11 is 1.17. The molecule has 0 saturated heterocycles. The molecule has 0 fully saturated rings. The molecule has 2 heterocycles. The highest BCUT2D eigenvalue weighted by atomic mass is 32.1. The fraction of sp³-hybridized carbons (Fsp3) is 0.0476. The summed E-state index contributed by atoms with van der Waals surface area (Å²) in [6, 6.07) is 13.0. The Kier molecular flexibility index (Phi) is 6.08. The molecule has 2 aromatic heterocycles. The molecule has 0 radical (unpaired) electrons. The minimum Gasteiger partial charge on any atom is -0.322 e. The van der Waals surface area contributed by atoms with Crippen molar-refractivity contribution in [3.05, 3.63) is 77.8 Å². The third-order valence-corrected chi connectivity index (χ3v) is 5.09. The van der Waals surface area contributed by atoms with E-state index in [2.05, 4.69) is 25.8 Å². The molecule has 0 spiro atoms. The van der Waals surface area contributed by atoms with Crippen molar-refractivity contribution in [2.75, 3.05) is 10.2 Å². The molecule has 0 unspecified atom stereocenters. The van der Waals surface area contributed by atoms with Crippen LogP contribution in [0.2, 0.25) is 0 Å². The summed E-state index contributed by atoms with van der Waals surface area (Å²) in [7, 11) is 0. The lowest BCUT2D eigenvalue weighted by Gasteiger charge is -2.18. The maximum absolute atomic E-state index is 14.2. The average Bonchev–Trinajstić information content (AvgIpc) is 3.46. The van der Waals surface area contributed by atoms with Crippen LogP contribution < -0.4 is 10.2 Å². The summed E-state index contributed by atoms with van der Waals surface area (Å²) in [6.07, 6.45) is 4.29. The fourth-order valence-electron chi connectivity index (χ4n) is 2.85. The van der Waals surface area contributed by atoms with Crippen LogP contribution in [0.1, 0.15) is 12.6 Å². The number of carbonyl (C=O) groups is 2. The van der Waals surface area contributed by atoms with Gasteiger partial charge >= 0.3 is 0 Å². The van der Waals surface area contributed by atoms with Gasteiger partial charge in [0.05, 0.1) is 17.1 Å². The van der Waals surface area contributed by atoms with E-state index in [1.54, 1.807) is 41.8 Å². The average molecular weight is 449 g/mol. The number of rotatable bonds is 6. The molecular weight excluding hydrogens is 433 g/mol. The first-order valence-electron chi connectivity index (χ1n) is 9.34. The second-order valence-corrected chi connectivity index (χ2v) is 7.32. The van der Waals surface area contributed by atoms with E-state index in [1.807, 2.05) is 0 Å². The van der Waals surface area contributed by atoms with Crippen molar-refractivity contribution in [2.45, 2.75) is 6.92 Å². The predicted octanol–water partition coefficient (Wildman–Crippen LogP) is 3.59. The van der Waals surface area contributed by atoms with Gasteiger partial charge in [-0.1, -0.05) is 18.2 Å². The lowest BCUT2D eigenvalue weighted by molar-refractivity contribution is -0.116. The zero-order chi connectivity index (χ0) is 22.5. The Bertz CT molecular complexity index is 1290. The largest absolute Gasteiger partial charge is 0.322 e. The van der Waals surface area contributed by atoms with Crippen molar-refractivity contribution in [1.82, 2.24) is 25.2 Å². The van der Waals surface area contributed by atoms with Gasteiger partial charge in [-0.25, -0.2) is 14.1 Å². The highest BCUT2D eigenvalue weighted by Crippen LogP contribution is 2.31. The molecule has 9 nitrogen and oxygen atoms in total. The van der Waals surface area contributed by atoms with Crippen LogP contribution in [0, 0.1) is 5.82 Å². The molecule has 0 bridgehead atoms. The van der Waals surface area contributed by atoms with Crippen LogP contribution in [0.4, 0.5) is 20.9 Å². The number of anilines is 3. The van der Waals surface area contributed by atoms with Crippen LogP contribution >= 0.6 is 11.3 Å². The van der Waals surface area contributed by atoms with Crippen LogP contribution in [0.3, 0.4) is 0 Å². The maximum atomic E-state index is 14.2. The Morgan fingerprint density at radius 3 is 2.78 bits per heavy atom. The van der Waals surface area contributed by atoms with Gasteiger partial charge in [0.15, 0.2) is 5.13 Å². The summed E-state index contributed by atoms with van der Waals surface area (Å²) in [5.41, 5.74) is 1.84. The highest BCUT2D eigenvalue weighted by molar-refractivity contribution is 7.14. The Labute approximate surface area is 185 Å². The number of hydrogen-bond acceptors (Lipinski definition) is 7. The Balaban J connectivity index is 1.47. The minimum atomic E-state index is -0.529. The van der Waals surface area contributed by atoms with E-state index in [1.165, 1.54) is 58.5 Å². The van der Waals surface area contributed by atoms with E-state index in [9.17, 15) is 14.0 Å². The molecule has 4 rings (SSSR count). The Morgan fingerprint density at radius 2 is 2.03 bits per heavy atom. The van der Waals surface area contributed by atoms with Crippen LogP contribution in [0.5, 0.6) is 0 Å². The summed E-state index contributed by atoms with van der Waals surface area (Å²) in [4.78, 5) is 30.0. The van der Waals surface area contributed by atoms with Crippen molar-refractivity contribution < 1.29 is 14.0 Å². The monoisotopic (exact) mass is 449 g/mol. The third kappa shape index (κ3) is 4.73. The van der Waals surface area contributed by atoms with Gasteiger partial charge in [0.25, 0.3) is 0 Å². The number of nitrogens with zero attached hydrogens (tertiary/aromatic N) is 6. The second kappa shape index (κ2) is 9.27. The van der Waals surface area contributed by atoms with Gasteiger partial charge in [-0.3, -0.25) is 14.5 Å². The number of thiazole rings is 1. The molecular formula is C21H16FN7O2S. The van der Waals surface area contributed by atoms with Crippen molar-refractivity contribution >= 4 is 45.7 Å². The summed E-state index contributed by atoms with van der Waals surface area (Å²) in [5, 5.41) is 15.7. The van der Waals surface area contributed by atoms with E-state index < -0.39 is 5.82 Å². The number of tetrazole rings is 1. The first kappa shape index (κ1) is 21.0. The molecule has 0 aliphatic heterocycles. The number of amides is 2. The molecule has 11 heteroatoms. The quantitative estimate of drug-likeness (QED) is 0.451. The number of carbonyl (C=O) groups excluding carboxylic acids is 2. The standard InChI is InChI=1S/C21H16FN7O2S/c1-14(30)29(19-8-3-2-7-18(19)22)21-25-16(12-32-21)9-10-20(31)24-15-5-4-6-17(11-15)28-13-23-26-27-28/h2-13H,1H3,(H,24,31)/b10-9+. The van der Waals surface area contributed by atoms with E-state index in [4.69, 9.17) is 0 Å². The number of hydrogen-bond donors (Lipinski definition) is 1. The van der Waals surface area contributed by atoms with Gasteiger partial charge in [0.1, 0.15) is 12.1 Å². The van der Waals surface area contributed by atoms with Crippen molar-refractivity contribution in [3.63, 3.8) is 0 Å². The van der Waals surface area contributed by atoms with E-state index in [0.29, 0.717) is 22.2 Å². The van der Waals surface area contributed by atoms with Crippen LogP contribution in [0.15, 0.2) is 66.3 Å². The van der Waals surface area contributed by atoms with Crippen LogP contribution in [0.25, 0.3) is 11.8 Å². The first-order valence-corrected chi connectivity index (χ1v) is 10.2. The van der Waals surface area contributed by atoms with Gasteiger partial charge in [0, 0.05) is 24.1 Å². The predicted molar refractivity (Wildman–Crippen MR) is 118 cm³/mol. The molecule has 2 aromatic carbocycles. The number of aromatic nitrogens is 5. The summed E-state index contributed by atoms with van der Waals surface area (Å²) < 4.78 is 15.6. The fourth-order valence-corrected chi connectivity index (χ4v) is 3.69. The molecule has 0 atom stereocenters. The van der Waals surface area contributed by atoms with Gasteiger partial charge in [0.2, 0.25) is 11.8 Å². The molecule has 160 valence electrons. The molecule has 32 heavy (non-hydrogen) atoms. The van der Waals surface area contributed by atoms with E-state index >= 15 is 0 Å². The number of nitrogens with one attached hydrogen (secondary N) is 1. The lowest BCUT2D eigenvalue weighted by atomic mass is 10.2. The zero-order valence-electron chi connectivity index (χ0n) is 16.7. The van der Waals surface area contributed by atoms with Crippen LogP contribution in [-0.4, -0.2) is 37.0 Å². The van der Waals surface area contributed by atoms with Crippen LogP contribution in [-0.2, 0) is 9.59 Å². The number of benzene rings is 2. The molecule has 2 amide bonds. The van der Waals surface area contributed by atoms with Gasteiger partial charge in [-0.15, -0.1) is 16.4 Å². The Morgan fingerprint density at radius 1 is 1.19 bits per heavy atom. The normalized spacial score (nSPS) is 10.9. The minimum absolute atomic E-state index is 0.116. The van der Waals surface area contributed by atoms with Gasteiger partial charge < -0.3 is 5.32 Å². The SMILES string of the molecule is CC(=O)N(c1nc(/C=C/C(=O)Nc2cccc(-n3cnnn3)c2)cs1)c1ccccc1F. The maximum Gasteiger partial charge on any atom is 0.248 e. The third-order valence-electron chi connectivity index (χ3n) is 4.24. The Hall–Kier alpha value is -4.25. The van der Waals surface area contributed by atoms with Crippen molar-refractivity contribution in [3.8, 4) is 5.69 Å². The second-order valence-electron chi connectivity index (χ2n) is 6.49. The number of halogens is 1. The first-order chi connectivity index (χ1) is 15.5. The zero-order valence-corrected chi connectivity index (χ0v) is 17.5. The molecule has 0 aliphatic rings. The van der Waals surface area contributed by atoms with E-state index in [0.717, 1.165) is 0 Å². The lowest BCUT2D eigenvalue weighted by Crippen LogP contribution is -2.23.